The average molecular weight is 362 g/mol. The van der Waals surface area contributed by atoms with Gasteiger partial charge in [0.1, 0.15) is 11.5 Å². The van der Waals surface area contributed by atoms with Crippen LogP contribution >= 0.6 is 0 Å². The van der Waals surface area contributed by atoms with Crippen molar-refractivity contribution in [3.63, 3.8) is 0 Å². The third kappa shape index (κ3) is 6.73. The molecule has 4 nitrogen and oxygen atoms in total. The number of nitrogens with zero attached hydrogens (tertiary/aromatic N) is 1. The first-order valence-electron chi connectivity index (χ1n) is 10.2. The average Bonchev–Trinajstić information content (AvgIpc) is 2.61. The minimum Gasteiger partial charge on any atom is -0.508 e. The lowest BCUT2D eigenvalue weighted by Gasteiger charge is -2.32. The Morgan fingerprint density at radius 2 is 1.81 bits per heavy atom. The Morgan fingerprint density at radius 3 is 2.42 bits per heavy atom. The van der Waals surface area contributed by atoms with Crippen LogP contribution in [-0.2, 0) is 10.4 Å². The Bertz CT molecular complexity index is 547. The van der Waals surface area contributed by atoms with Gasteiger partial charge in [0.25, 0.3) is 0 Å². The van der Waals surface area contributed by atoms with Gasteiger partial charge >= 0.3 is 0 Å². The van der Waals surface area contributed by atoms with Crippen LogP contribution in [0.1, 0.15) is 70.8 Å². The highest BCUT2D eigenvalue weighted by atomic mass is 16.3. The lowest BCUT2D eigenvalue weighted by molar-refractivity contribution is -0.120. The van der Waals surface area contributed by atoms with E-state index >= 15 is 0 Å². The van der Waals surface area contributed by atoms with Gasteiger partial charge < -0.3 is 10.2 Å². The summed E-state index contributed by atoms with van der Waals surface area (Å²) in [5.74, 6) is 1.15. The van der Waals surface area contributed by atoms with Crippen LogP contribution in [0.3, 0.4) is 0 Å². The van der Waals surface area contributed by atoms with E-state index in [0.717, 1.165) is 24.9 Å². The molecule has 1 aromatic carbocycles. The molecule has 1 atom stereocenters. The molecular formula is C22H35NO3. The summed E-state index contributed by atoms with van der Waals surface area (Å²) in [5, 5.41) is 20.3. The second-order valence-corrected chi connectivity index (χ2v) is 8.09. The van der Waals surface area contributed by atoms with Crippen molar-refractivity contribution in [1.82, 2.24) is 4.90 Å². The Balaban J connectivity index is 1.86. The van der Waals surface area contributed by atoms with Crippen molar-refractivity contribution >= 4 is 5.78 Å². The van der Waals surface area contributed by atoms with Crippen LogP contribution in [0.25, 0.3) is 0 Å². The summed E-state index contributed by atoms with van der Waals surface area (Å²) in [4.78, 5) is 14.6. The maximum Gasteiger partial charge on any atom is 0.134 e. The predicted molar refractivity (Wildman–Crippen MR) is 105 cm³/mol. The van der Waals surface area contributed by atoms with Crippen LogP contribution in [0.4, 0.5) is 0 Å². The number of Topliss-reactive ketones (excluding diaryl/α,β-unsaturated/α-hetero) is 1. The van der Waals surface area contributed by atoms with E-state index in [1.165, 1.54) is 32.1 Å². The molecule has 1 aliphatic rings. The van der Waals surface area contributed by atoms with Gasteiger partial charge in [0.05, 0.1) is 5.60 Å². The normalized spacial score (nSPS) is 18.0. The third-order valence-electron chi connectivity index (χ3n) is 5.51. The van der Waals surface area contributed by atoms with Crippen LogP contribution in [0.15, 0.2) is 24.3 Å². The van der Waals surface area contributed by atoms with E-state index in [1.807, 2.05) is 0 Å². The van der Waals surface area contributed by atoms with Crippen LogP contribution in [0, 0.1) is 5.92 Å². The van der Waals surface area contributed by atoms with Crippen molar-refractivity contribution in [2.24, 2.45) is 5.92 Å². The Morgan fingerprint density at radius 1 is 1.15 bits per heavy atom. The van der Waals surface area contributed by atoms with Crippen LogP contribution in [-0.4, -0.2) is 40.5 Å². The fourth-order valence-electron chi connectivity index (χ4n) is 4.03. The molecule has 0 aromatic heterocycles. The lowest BCUT2D eigenvalue weighted by Crippen LogP contribution is -2.40. The largest absolute Gasteiger partial charge is 0.508 e. The van der Waals surface area contributed by atoms with Crippen molar-refractivity contribution in [1.29, 1.82) is 0 Å². The van der Waals surface area contributed by atoms with E-state index in [1.54, 1.807) is 31.2 Å². The molecule has 0 radical (unpaired) electrons. The molecule has 1 aromatic rings. The van der Waals surface area contributed by atoms with Gasteiger partial charge in [-0.05, 0) is 43.5 Å². The predicted octanol–water partition coefficient (Wildman–Crippen LogP) is 4.24. The molecular weight excluding hydrogens is 326 g/mol. The van der Waals surface area contributed by atoms with Gasteiger partial charge in [0.2, 0.25) is 0 Å². The Labute approximate surface area is 158 Å². The van der Waals surface area contributed by atoms with E-state index in [2.05, 4.69) is 11.8 Å². The number of aliphatic hydroxyl groups is 1. The Hall–Kier alpha value is -1.39. The molecule has 1 aliphatic carbocycles. The van der Waals surface area contributed by atoms with Crippen molar-refractivity contribution in [2.75, 3.05) is 19.6 Å². The van der Waals surface area contributed by atoms with E-state index in [-0.39, 0.29) is 5.75 Å². The van der Waals surface area contributed by atoms with Crippen molar-refractivity contribution in [2.45, 2.75) is 70.8 Å². The van der Waals surface area contributed by atoms with E-state index in [0.29, 0.717) is 31.2 Å². The van der Waals surface area contributed by atoms with Gasteiger partial charge in [0, 0.05) is 25.9 Å². The van der Waals surface area contributed by atoms with Crippen molar-refractivity contribution in [3.05, 3.63) is 29.8 Å². The number of carbonyl (C=O) groups is 1. The minimum atomic E-state index is -1.00. The van der Waals surface area contributed by atoms with E-state index in [4.69, 9.17) is 0 Å². The zero-order valence-electron chi connectivity index (χ0n) is 16.4. The first kappa shape index (κ1) is 20.9. The summed E-state index contributed by atoms with van der Waals surface area (Å²) in [6.45, 7) is 5.97. The topological polar surface area (TPSA) is 60.8 Å². The SMILES string of the molecule is CCCN(CCC(=O)CC1CCCCC1)CC(C)(O)c1ccc(O)cc1. The smallest absolute Gasteiger partial charge is 0.134 e. The first-order valence-corrected chi connectivity index (χ1v) is 10.2. The molecule has 1 saturated carbocycles. The summed E-state index contributed by atoms with van der Waals surface area (Å²) >= 11 is 0. The fourth-order valence-corrected chi connectivity index (χ4v) is 4.03. The van der Waals surface area contributed by atoms with Crippen LogP contribution in [0.2, 0.25) is 0 Å². The molecule has 4 heteroatoms. The summed E-state index contributed by atoms with van der Waals surface area (Å²) in [6.07, 6.45) is 8.57. The Kier molecular flexibility index (Phi) is 8.11. The van der Waals surface area contributed by atoms with Gasteiger partial charge in [-0.15, -0.1) is 0 Å². The van der Waals surface area contributed by atoms with Gasteiger partial charge in [-0.1, -0.05) is 51.2 Å². The highest BCUT2D eigenvalue weighted by Gasteiger charge is 2.26. The van der Waals surface area contributed by atoms with Gasteiger partial charge in [-0.25, -0.2) is 0 Å². The molecule has 26 heavy (non-hydrogen) atoms. The molecule has 0 spiro atoms. The summed E-state index contributed by atoms with van der Waals surface area (Å²) < 4.78 is 0. The van der Waals surface area contributed by atoms with Gasteiger partial charge in [-0.3, -0.25) is 9.69 Å². The second kappa shape index (κ2) is 10.1. The fraction of sp³-hybridized carbons (Fsp3) is 0.682. The number of benzene rings is 1. The zero-order chi connectivity index (χ0) is 19.0. The molecule has 0 heterocycles. The van der Waals surface area contributed by atoms with Gasteiger partial charge in [-0.2, -0.15) is 0 Å². The molecule has 0 aliphatic heterocycles. The molecule has 146 valence electrons. The van der Waals surface area contributed by atoms with Crippen molar-refractivity contribution < 1.29 is 15.0 Å². The molecule has 0 bridgehead atoms. The molecule has 1 unspecified atom stereocenters. The molecule has 2 N–H and O–H groups in total. The molecule has 0 amide bonds. The lowest BCUT2D eigenvalue weighted by atomic mass is 9.85. The van der Waals surface area contributed by atoms with Crippen molar-refractivity contribution in [3.8, 4) is 5.75 Å². The third-order valence-corrected chi connectivity index (χ3v) is 5.51. The molecule has 0 saturated heterocycles. The standard InChI is InChI=1S/C22H35NO3/c1-3-14-23(15-13-21(25)16-18-7-5-4-6-8-18)17-22(2,26)19-9-11-20(24)12-10-19/h9-12,18,24,26H,3-8,13-17H2,1-2H3. The van der Waals surface area contributed by atoms with E-state index < -0.39 is 5.60 Å². The van der Waals surface area contributed by atoms with Crippen LogP contribution < -0.4 is 0 Å². The second-order valence-electron chi connectivity index (χ2n) is 8.09. The number of carbonyl (C=O) groups excluding carboxylic acids is 1. The number of phenolic OH excluding ortho intramolecular Hbond substituents is 1. The summed E-state index contributed by atoms with van der Waals surface area (Å²) in [5.41, 5.74) is -0.222. The number of hydrogen-bond acceptors (Lipinski definition) is 4. The maximum atomic E-state index is 12.4. The number of phenols is 1. The highest BCUT2D eigenvalue weighted by Crippen LogP contribution is 2.27. The van der Waals surface area contributed by atoms with E-state index in [9.17, 15) is 15.0 Å². The highest BCUT2D eigenvalue weighted by molar-refractivity contribution is 5.78. The van der Waals surface area contributed by atoms with Crippen LogP contribution in [0.5, 0.6) is 5.75 Å². The summed E-state index contributed by atoms with van der Waals surface area (Å²) in [7, 11) is 0. The zero-order valence-corrected chi connectivity index (χ0v) is 16.4. The number of aromatic hydroxyl groups is 1. The number of ketones is 1. The quantitative estimate of drug-likeness (QED) is 0.654. The number of rotatable bonds is 10. The van der Waals surface area contributed by atoms with Gasteiger partial charge in [0.15, 0.2) is 0 Å². The first-order chi connectivity index (χ1) is 12.4. The maximum absolute atomic E-state index is 12.4. The monoisotopic (exact) mass is 361 g/mol. The minimum absolute atomic E-state index is 0.197. The molecule has 2 rings (SSSR count). The summed E-state index contributed by atoms with van der Waals surface area (Å²) in [6, 6.07) is 6.71. The molecule has 1 fully saturated rings. The number of hydrogen-bond donors (Lipinski definition) is 2.